The van der Waals surface area contributed by atoms with Crippen LogP contribution < -0.4 is 5.32 Å². The van der Waals surface area contributed by atoms with Crippen molar-refractivity contribution in [3.05, 3.63) is 35.5 Å². The molecule has 0 saturated heterocycles. The predicted molar refractivity (Wildman–Crippen MR) is 117 cm³/mol. The zero-order valence-corrected chi connectivity index (χ0v) is 18.0. The molecule has 1 N–H and O–H groups in total. The molecule has 4 rings (SSSR count). The molecule has 1 fully saturated rings. The molecule has 1 aromatic carbocycles. The molecule has 6 heteroatoms. The Bertz CT molecular complexity index is 900. The molecule has 0 bridgehead atoms. The number of para-hydroxylation sites is 1. The quantitative estimate of drug-likeness (QED) is 0.496. The van der Waals surface area contributed by atoms with E-state index < -0.39 is 0 Å². The van der Waals surface area contributed by atoms with Crippen LogP contribution in [0.4, 0.5) is 4.79 Å². The van der Waals surface area contributed by atoms with Crippen LogP contribution in [0.3, 0.4) is 0 Å². The number of esters is 1. The molecule has 0 atom stereocenters. The number of unbranched alkanes of at least 4 members (excludes halogenated alkanes) is 3. The van der Waals surface area contributed by atoms with E-state index in [-0.39, 0.29) is 12.0 Å². The zero-order valence-electron chi connectivity index (χ0n) is 18.0. The number of ether oxygens (including phenoxy) is 1. The van der Waals surface area contributed by atoms with Gasteiger partial charge in [0.25, 0.3) is 0 Å². The minimum Gasteiger partial charge on any atom is -0.469 e. The van der Waals surface area contributed by atoms with Crippen LogP contribution in [0.15, 0.2) is 24.3 Å². The Morgan fingerprint density at radius 1 is 1.13 bits per heavy atom. The summed E-state index contributed by atoms with van der Waals surface area (Å²) in [6.45, 7) is 3.28. The van der Waals surface area contributed by atoms with Gasteiger partial charge in [0.15, 0.2) is 0 Å². The molecule has 0 radical (unpaired) electrons. The number of rotatable bonds is 9. The van der Waals surface area contributed by atoms with E-state index in [1.54, 1.807) is 0 Å². The number of hydrogen-bond donors (Lipinski definition) is 1. The first-order valence-corrected chi connectivity index (χ1v) is 11.4. The van der Waals surface area contributed by atoms with Gasteiger partial charge in [-0.2, -0.15) is 0 Å². The standard InChI is InChI=1S/C24H33N3O3/c1-30-23(28)10-4-2-3-7-14-25-24(29)26-15-13-22-20(17-26)19-8-5-6-9-21(19)27(22)16-18-11-12-18/h5-6,8-9,18H,2-4,7,10-17H2,1H3,(H,25,29). The fourth-order valence-electron chi connectivity index (χ4n) is 4.50. The van der Waals surface area contributed by atoms with E-state index in [1.807, 2.05) is 4.90 Å². The third-order valence-corrected chi connectivity index (χ3v) is 6.40. The smallest absolute Gasteiger partial charge is 0.317 e. The number of fused-ring (bicyclic) bond motifs is 3. The van der Waals surface area contributed by atoms with Crippen molar-refractivity contribution in [1.82, 2.24) is 14.8 Å². The summed E-state index contributed by atoms with van der Waals surface area (Å²) in [5, 5.41) is 4.38. The van der Waals surface area contributed by atoms with Crippen molar-refractivity contribution >= 4 is 22.9 Å². The molecule has 1 aliphatic carbocycles. The number of carbonyl (C=O) groups excluding carboxylic acids is 2. The second-order valence-electron chi connectivity index (χ2n) is 8.64. The number of urea groups is 1. The maximum Gasteiger partial charge on any atom is 0.317 e. The van der Waals surface area contributed by atoms with Crippen molar-refractivity contribution in [2.24, 2.45) is 5.92 Å². The third kappa shape index (κ3) is 4.79. The summed E-state index contributed by atoms with van der Waals surface area (Å²) >= 11 is 0. The second-order valence-corrected chi connectivity index (χ2v) is 8.64. The summed E-state index contributed by atoms with van der Waals surface area (Å²) in [5.41, 5.74) is 4.08. The summed E-state index contributed by atoms with van der Waals surface area (Å²) in [6, 6.07) is 8.68. The Hall–Kier alpha value is -2.50. The fourth-order valence-corrected chi connectivity index (χ4v) is 4.50. The molecule has 2 amide bonds. The molecule has 2 aromatic rings. The summed E-state index contributed by atoms with van der Waals surface area (Å²) in [6.07, 6.45) is 7.88. The lowest BCUT2D eigenvalue weighted by Crippen LogP contribution is -2.43. The summed E-state index contributed by atoms with van der Waals surface area (Å²) < 4.78 is 7.17. The maximum atomic E-state index is 12.7. The molecular weight excluding hydrogens is 378 g/mol. The number of nitrogens with zero attached hydrogens (tertiary/aromatic N) is 2. The first kappa shape index (κ1) is 20.8. The second kappa shape index (κ2) is 9.54. The number of hydrogen-bond acceptors (Lipinski definition) is 3. The number of methoxy groups -OCH3 is 1. The molecule has 30 heavy (non-hydrogen) atoms. The number of nitrogens with one attached hydrogen (secondary N) is 1. The molecule has 2 aliphatic rings. The van der Waals surface area contributed by atoms with Crippen LogP contribution in [0.1, 0.15) is 56.2 Å². The molecule has 6 nitrogen and oxygen atoms in total. The summed E-state index contributed by atoms with van der Waals surface area (Å²) in [5.74, 6) is 0.685. The van der Waals surface area contributed by atoms with E-state index in [0.29, 0.717) is 19.5 Å². The van der Waals surface area contributed by atoms with Crippen molar-refractivity contribution in [3.8, 4) is 0 Å². The van der Waals surface area contributed by atoms with Gasteiger partial charge in [0.2, 0.25) is 0 Å². The highest BCUT2D eigenvalue weighted by Gasteiger charge is 2.29. The first-order valence-electron chi connectivity index (χ1n) is 11.4. The largest absolute Gasteiger partial charge is 0.469 e. The molecule has 1 aromatic heterocycles. The molecule has 2 heterocycles. The van der Waals surface area contributed by atoms with Gasteiger partial charge in [-0.05, 0) is 37.7 Å². The molecule has 0 unspecified atom stereocenters. The SMILES string of the molecule is COC(=O)CCCCCCNC(=O)N1CCc2c(c3ccccc3n2CC2CC2)C1. The van der Waals surface area contributed by atoms with Crippen molar-refractivity contribution in [1.29, 1.82) is 0 Å². The van der Waals surface area contributed by atoms with Gasteiger partial charge in [-0.15, -0.1) is 0 Å². The van der Waals surface area contributed by atoms with Crippen molar-refractivity contribution in [2.45, 2.75) is 64.5 Å². The Kier molecular flexibility index (Phi) is 6.60. The first-order chi connectivity index (χ1) is 14.7. The fraction of sp³-hybridized carbons (Fsp3) is 0.583. The highest BCUT2D eigenvalue weighted by Crippen LogP contribution is 2.36. The van der Waals surface area contributed by atoms with Crippen LogP contribution in [0, 0.1) is 5.92 Å². The van der Waals surface area contributed by atoms with E-state index in [9.17, 15) is 9.59 Å². The van der Waals surface area contributed by atoms with Crippen LogP contribution in [0.25, 0.3) is 10.9 Å². The number of aromatic nitrogens is 1. The highest BCUT2D eigenvalue weighted by molar-refractivity contribution is 5.86. The van der Waals surface area contributed by atoms with Gasteiger partial charge in [-0.25, -0.2) is 4.79 Å². The lowest BCUT2D eigenvalue weighted by atomic mass is 10.0. The molecule has 1 aliphatic heterocycles. The van der Waals surface area contributed by atoms with E-state index in [1.165, 1.54) is 42.1 Å². The summed E-state index contributed by atoms with van der Waals surface area (Å²) in [4.78, 5) is 25.8. The van der Waals surface area contributed by atoms with Crippen LogP contribution in [0.5, 0.6) is 0 Å². The Morgan fingerprint density at radius 2 is 1.93 bits per heavy atom. The van der Waals surface area contributed by atoms with Gasteiger partial charge in [0.05, 0.1) is 7.11 Å². The molecule has 1 saturated carbocycles. The monoisotopic (exact) mass is 411 g/mol. The average molecular weight is 412 g/mol. The normalized spacial score (nSPS) is 15.8. The van der Waals surface area contributed by atoms with Gasteiger partial charge in [0, 0.05) is 61.2 Å². The van der Waals surface area contributed by atoms with Crippen molar-refractivity contribution in [2.75, 3.05) is 20.2 Å². The summed E-state index contributed by atoms with van der Waals surface area (Å²) in [7, 11) is 1.42. The maximum absolute atomic E-state index is 12.7. The van der Waals surface area contributed by atoms with Crippen LogP contribution in [0.2, 0.25) is 0 Å². The minimum atomic E-state index is -0.147. The zero-order chi connectivity index (χ0) is 20.9. The van der Waals surface area contributed by atoms with E-state index in [2.05, 4.69) is 38.9 Å². The van der Waals surface area contributed by atoms with E-state index in [0.717, 1.165) is 51.1 Å². The molecular formula is C24H33N3O3. The Balaban J connectivity index is 1.29. The van der Waals surface area contributed by atoms with Gasteiger partial charge >= 0.3 is 12.0 Å². The van der Waals surface area contributed by atoms with Crippen molar-refractivity contribution < 1.29 is 14.3 Å². The molecule has 0 spiro atoms. The topological polar surface area (TPSA) is 63.6 Å². The van der Waals surface area contributed by atoms with Crippen LogP contribution >= 0.6 is 0 Å². The lowest BCUT2D eigenvalue weighted by molar-refractivity contribution is -0.140. The van der Waals surface area contributed by atoms with Crippen LogP contribution in [-0.2, 0) is 29.0 Å². The van der Waals surface area contributed by atoms with Gasteiger partial charge in [-0.1, -0.05) is 31.0 Å². The van der Waals surface area contributed by atoms with E-state index in [4.69, 9.17) is 0 Å². The van der Waals surface area contributed by atoms with Gasteiger partial charge < -0.3 is 19.5 Å². The lowest BCUT2D eigenvalue weighted by Gasteiger charge is -2.28. The predicted octanol–water partition coefficient (Wildman–Crippen LogP) is 4.24. The van der Waals surface area contributed by atoms with E-state index >= 15 is 0 Å². The van der Waals surface area contributed by atoms with Crippen molar-refractivity contribution in [3.63, 3.8) is 0 Å². The minimum absolute atomic E-state index is 0.0363. The number of amides is 2. The third-order valence-electron chi connectivity index (χ3n) is 6.40. The van der Waals surface area contributed by atoms with Gasteiger partial charge in [0.1, 0.15) is 0 Å². The highest BCUT2D eigenvalue weighted by atomic mass is 16.5. The Morgan fingerprint density at radius 3 is 2.73 bits per heavy atom. The Labute approximate surface area is 178 Å². The average Bonchev–Trinajstić information content (AvgIpc) is 3.55. The van der Waals surface area contributed by atoms with Gasteiger partial charge in [-0.3, -0.25) is 4.79 Å². The van der Waals surface area contributed by atoms with Crippen LogP contribution in [-0.4, -0.2) is 41.7 Å². The molecule has 162 valence electrons. The number of carbonyl (C=O) groups is 2. The number of benzene rings is 1.